The van der Waals surface area contributed by atoms with Crippen LogP contribution in [0.2, 0.25) is 5.02 Å². The Kier molecular flexibility index (Phi) is 5.24. The largest absolute Gasteiger partial charge is 0.345 e. The molecule has 0 atom stereocenters. The van der Waals surface area contributed by atoms with Crippen LogP contribution in [-0.4, -0.2) is 26.9 Å². The number of benzene rings is 1. The number of rotatable bonds is 3. The highest BCUT2D eigenvalue weighted by molar-refractivity contribution is 6.31. The molecule has 2 heterocycles. The normalized spacial score (nSPS) is 13.8. The molecule has 6 nitrogen and oxygen atoms in total. The van der Waals surface area contributed by atoms with E-state index in [0.29, 0.717) is 18.7 Å². The van der Waals surface area contributed by atoms with Gasteiger partial charge in [0.15, 0.2) is 11.5 Å². The molecule has 0 fully saturated rings. The fourth-order valence-corrected chi connectivity index (χ4v) is 3.24. The van der Waals surface area contributed by atoms with Gasteiger partial charge in [-0.05, 0) is 58.2 Å². The van der Waals surface area contributed by atoms with Gasteiger partial charge in [0.25, 0.3) is 11.8 Å². The van der Waals surface area contributed by atoms with Crippen molar-refractivity contribution in [3.63, 3.8) is 0 Å². The molecule has 2 aromatic rings. The van der Waals surface area contributed by atoms with Gasteiger partial charge in [0.05, 0.1) is 10.7 Å². The number of nitrogens with one attached hydrogen (secondary N) is 2. The summed E-state index contributed by atoms with van der Waals surface area (Å²) in [5.41, 5.74) is 0.913. The van der Waals surface area contributed by atoms with E-state index in [1.54, 1.807) is 0 Å². The minimum atomic E-state index is -0.560. The Balaban J connectivity index is 1.91. The summed E-state index contributed by atoms with van der Waals surface area (Å²) in [6.45, 7) is 6.30. The summed E-state index contributed by atoms with van der Waals surface area (Å²) in [4.78, 5) is 29.7. The monoisotopic (exact) mass is 392 g/mol. The van der Waals surface area contributed by atoms with Crippen LogP contribution in [0, 0.1) is 5.82 Å². The third kappa shape index (κ3) is 4.30. The molecule has 0 spiro atoms. The molecule has 1 aromatic heterocycles. The average Bonchev–Trinajstić information content (AvgIpc) is 2.97. The lowest BCUT2D eigenvalue weighted by molar-refractivity contribution is 0.0903. The molecule has 1 aliphatic rings. The summed E-state index contributed by atoms with van der Waals surface area (Å²) in [7, 11) is 0. The van der Waals surface area contributed by atoms with E-state index in [1.807, 2.05) is 25.3 Å². The van der Waals surface area contributed by atoms with Crippen LogP contribution in [0.5, 0.6) is 0 Å². The lowest BCUT2D eigenvalue weighted by Crippen LogP contribution is -2.42. The minimum absolute atomic E-state index is 0.0788. The molecule has 1 aliphatic heterocycles. The maximum absolute atomic E-state index is 13.3. The Labute approximate surface area is 162 Å². The number of nitrogens with zero attached hydrogens (tertiary/aromatic N) is 2. The number of fused-ring (bicyclic) bond motifs is 1. The van der Waals surface area contributed by atoms with Crippen molar-refractivity contribution in [3.8, 4) is 0 Å². The van der Waals surface area contributed by atoms with Crippen molar-refractivity contribution < 1.29 is 14.0 Å². The summed E-state index contributed by atoms with van der Waals surface area (Å²) in [6.07, 6.45) is 2.52. The van der Waals surface area contributed by atoms with Crippen molar-refractivity contribution in [2.75, 3.05) is 5.32 Å². The number of carbonyl (C=O) groups excluding carboxylic acids is 2. The van der Waals surface area contributed by atoms with Crippen LogP contribution in [0.15, 0.2) is 18.2 Å². The van der Waals surface area contributed by atoms with Crippen LogP contribution in [0.1, 0.15) is 60.4 Å². The van der Waals surface area contributed by atoms with E-state index >= 15 is 0 Å². The van der Waals surface area contributed by atoms with Crippen molar-refractivity contribution in [2.24, 2.45) is 0 Å². The zero-order valence-electron chi connectivity index (χ0n) is 15.5. The van der Waals surface area contributed by atoms with Crippen molar-refractivity contribution in [2.45, 2.75) is 52.1 Å². The summed E-state index contributed by atoms with van der Waals surface area (Å²) in [5, 5.41) is 5.49. The molecule has 0 aliphatic carbocycles. The number of hydrogen-bond acceptors (Lipinski definition) is 3. The zero-order valence-corrected chi connectivity index (χ0v) is 16.3. The van der Waals surface area contributed by atoms with Crippen LogP contribution in [0.4, 0.5) is 10.1 Å². The van der Waals surface area contributed by atoms with Gasteiger partial charge < -0.3 is 15.2 Å². The summed E-state index contributed by atoms with van der Waals surface area (Å²) >= 11 is 5.77. The highest BCUT2D eigenvalue weighted by Crippen LogP contribution is 2.24. The fourth-order valence-electron chi connectivity index (χ4n) is 3.06. The maximum atomic E-state index is 13.3. The van der Waals surface area contributed by atoms with Gasteiger partial charge in [-0.1, -0.05) is 11.6 Å². The van der Waals surface area contributed by atoms with Crippen LogP contribution >= 0.6 is 11.6 Å². The number of amides is 2. The molecule has 2 N–H and O–H groups in total. The molecule has 2 amide bonds. The van der Waals surface area contributed by atoms with Crippen LogP contribution in [0.3, 0.4) is 0 Å². The first kappa shape index (κ1) is 19.4. The number of hydrogen-bond donors (Lipinski definition) is 2. The number of imidazole rings is 1. The van der Waals surface area contributed by atoms with E-state index in [0.717, 1.165) is 18.5 Å². The topological polar surface area (TPSA) is 76.0 Å². The molecule has 0 saturated carbocycles. The van der Waals surface area contributed by atoms with E-state index < -0.39 is 17.3 Å². The average molecular weight is 393 g/mol. The van der Waals surface area contributed by atoms with E-state index in [9.17, 15) is 14.0 Å². The third-order valence-corrected chi connectivity index (χ3v) is 4.49. The van der Waals surface area contributed by atoms with E-state index in [-0.39, 0.29) is 22.4 Å². The van der Waals surface area contributed by atoms with Gasteiger partial charge in [-0.3, -0.25) is 9.59 Å². The quantitative estimate of drug-likeness (QED) is 0.834. The molecule has 27 heavy (non-hydrogen) atoms. The zero-order chi connectivity index (χ0) is 19.8. The Hall–Kier alpha value is -2.41. The summed E-state index contributed by atoms with van der Waals surface area (Å²) in [6, 6.07) is 3.95. The van der Waals surface area contributed by atoms with Gasteiger partial charge in [0.2, 0.25) is 0 Å². The third-order valence-electron chi connectivity index (χ3n) is 4.20. The maximum Gasteiger partial charge on any atom is 0.287 e. The fraction of sp³-hybridized carbons (Fsp3) is 0.421. The lowest BCUT2D eigenvalue weighted by atomic mass is 10.1. The Morgan fingerprint density at radius 3 is 2.63 bits per heavy atom. The highest BCUT2D eigenvalue weighted by Gasteiger charge is 2.29. The van der Waals surface area contributed by atoms with Crippen molar-refractivity contribution >= 4 is 29.1 Å². The molecule has 0 unspecified atom stereocenters. The number of aromatic nitrogens is 2. The van der Waals surface area contributed by atoms with Gasteiger partial charge in [-0.15, -0.1) is 0 Å². The van der Waals surface area contributed by atoms with Crippen LogP contribution in [-0.2, 0) is 13.0 Å². The predicted octanol–water partition coefficient (Wildman–Crippen LogP) is 3.79. The SMILES string of the molecule is CC(C)(C)NC(=O)c1nc(C(=O)Nc2ccc(F)c(Cl)c2)c2n1CCCC2. The van der Waals surface area contributed by atoms with E-state index in [2.05, 4.69) is 15.6 Å². The van der Waals surface area contributed by atoms with Crippen molar-refractivity contribution in [1.82, 2.24) is 14.9 Å². The Morgan fingerprint density at radius 1 is 1.22 bits per heavy atom. The van der Waals surface area contributed by atoms with Gasteiger partial charge in [-0.2, -0.15) is 0 Å². The van der Waals surface area contributed by atoms with E-state index in [4.69, 9.17) is 11.6 Å². The molecule has 1 aromatic carbocycles. The van der Waals surface area contributed by atoms with Crippen molar-refractivity contribution in [1.29, 1.82) is 0 Å². The standard InChI is InChI=1S/C19H22ClFN4O2/c1-19(2,3)24-18(27)16-23-15(14-6-4-5-9-25(14)16)17(26)22-11-7-8-13(21)12(20)10-11/h7-8,10H,4-6,9H2,1-3H3,(H,22,26)(H,24,27). The van der Waals surface area contributed by atoms with E-state index in [1.165, 1.54) is 18.2 Å². The second-order valence-corrected chi connectivity index (χ2v) is 8.03. The minimum Gasteiger partial charge on any atom is -0.345 e. The predicted molar refractivity (Wildman–Crippen MR) is 102 cm³/mol. The number of anilines is 1. The lowest BCUT2D eigenvalue weighted by Gasteiger charge is -2.22. The van der Waals surface area contributed by atoms with Crippen molar-refractivity contribution in [3.05, 3.63) is 46.3 Å². The molecule has 0 saturated heterocycles. The second-order valence-electron chi connectivity index (χ2n) is 7.63. The molecule has 0 radical (unpaired) electrons. The molecular formula is C19H22ClFN4O2. The smallest absolute Gasteiger partial charge is 0.287 e. The molecular weight excluding hydrogens is 371 g/mol. The highest BCUT2D eigenvalue weighted by atomic mass is 35.5. The van der Waals surface area contributed by atoms with Crippen LogP contribution in [0.25, 0.3) is 0 Å². The Morgan fingerprint density at radius 2 is 1.96 bits per heavy atom. The number of halogens is 2. The molecule has 8 heteroatoms. The van der Waals surface area contributed by atoms with Gasteiger partial charge in [-0.25, -0.2) is 9.37 Å². The van der Waals surface area contributed by atoms with Crippen LogP contribution < -0.4 is 10.6 Å². The summed E-state index contributed by atoms with van der Waals surface area (Å²) in [5.74, 6) is -1.08. The summed E-state index contributed by atoms with van der Waals surface area (Å²) < 4.78 is 15.1. The first-order valence-electron chi connectivity index (χ1n) is 8.84. The first-order chi connectivity index (χ1) is 12.7. The van der Waals surface area contributed by atoms with Gasteiger partial charge >= 0.3 is 0 Å². The Bertz CT molecular complexity index is 902. The molecule has 0 bridgehead atoms. The molecule has 144 valence electrons. The molecule has 3 rings (SSSR count). The second kappa shape index (κ2) is 7.31. The first-order valence-corrected chi connectivity index (χ1v) is 9.22. The number of carbonyl (C=O) groups is 2. The van der Waals surface area contributed by atoms with Gasteiger partial charge in [0, 0.05) is 17.8 Å². The van der Waals surface area contributed by atoms with Gasteiger partial charge in [0.1, 0.15) is 5.82 Å².